The Morgan fingerprint density at radius 1 is 0.443 bits per heavy atom. The molecule has 12 aromatic rings. The van der Waals surface area contributed by atoms with Gasteiger partial charge in [-0.1, -0.05) is 140 Å². The van der Waals surface area contributed by atoms with Crippen molar-refractivity contribution < 1.29 is 17.6 Å². The summed E-state index contributed by atoms with van der Waals surface area (Å²) in [6.07, 6.45) is -4.84. The van der Waals surface area contributed by atoms with Gasteiger partial charge in [0.15, 0.2) is 23.1 Å². The van der Waals surface area contributed by atoms with E-state index in [-0.39, 0.29) is 22.7 Å². The largest absolute Gasteiger partial charge is 0.454 e. The van der Waals surface area contributed by atoms with Gasteiger partial charge >= 0.3 is 6.18 Å². The number of alkyl halides is 3. The molecule has 0 atom stereocenters. The lowest BCUT2D eigenvalue weighted by Gasteiger charge is -2.19. The number of nitrogens with zero attached hydrogens (tertiary/aromatic N) is 5. The molecule has 0 radical (unpaired) electrons. The molecule has 12 rings (SSSR count). The zero-order valence-electron chi connectivity index (χ0n) is 32.1. The lowest BCUT2D eigenvalue weighted by Crippen LogP contribution is -2.12. The Morgan fingerprint density at radius 3 is 1.64 bits per heavy atom. The molecule has 290 valence electrons. The monoisotopic (exact) mass is 797 g/mol. The normalized spacial score (nSPS) is 12.2. The van der Waals surface area contributed by atoms with Crippen molar-refractivity contribution in [1.29, 1.82) is 0 Å². The number of benzene rings is 8. The Labute approximate surface area is 345 Å². The van der Waals surface area contributed by atoms with Crippen LogP contribution >= 0.6 is 0 Å². The summed E-state index contributed by atoms with van der Waals surface area (Å²) in [6, 6.07) is 57.1. The summed E-state index contributed by atoms with van der Waals surface area (Å²) >= 11 is 0. The van der Waals surface area contributed by atoms with Crippen LogP contribution in [0.3, 0.4) is 0 Å². The minimum Gasteiger partial charge on any atom is -0.454 e. The third kappa shape index (κ3) is 5.33. The van der Waals surface area contributed by atoms with E-state index in [2.05, 4.69) is 28.8 Å². The van der Waals surface area contributed by atoms with Gasteiger partial charge in [0, 0.05) is 54.7 Å². The molecular weight excluding hydrogens is 768 g/mol. The maximum absolute atomic E-state index is 16.2. The van der Waals surface area contributed by atoms with Crippen LogP contribution < -0.4 is 0 Å². The fourth-order valence-corrected chi connectivity index (χ4v) is 9.03. The molecule has 0 aliphatic carbocycles. The molecule has 0 fully saturated rings. The van der Waals surface area contributed by atoms with Crippen molar-refractivity contribution in [3.8, 4) is 45.5 Å². The molecule has 9 heteroatoms. The van der Waals surface area contributed by atoms with Gasteiger partial charge in [-0.05, 0) is 42.5 Å². The van der Waals surface area contributed by atoms with E-state index in [1.165, 1.54) is 6.07 Å². The lowest BCUT2D eigenvalue weighted by atomic mass is 9.99. The summed E-state index contributed by atoms with van der Waals surface area (Å²) in [6.45, 7) is 0. The first kappa shape index (κ1) is 35.0. The van der Waals surface area contributed by atoms with Gasteiger partial charge in [0.1, 0.15) is 11.3 Å². The molecule has 0 bridgehead atoms. The van der Waals surface area contributed by atoms with Gasteiger partial charge in [0.05, 0.1) is 27.6 Å². The zero-order valence-corrected chi connectivity index (χ0v) is 32.1. The van der Waals surface area contributed by atoms with Gasteiger partial charge in [0.2, 0.25) is 0 Å². The third-order valence-corrected chi connectivity index (χ3v) is 11.6. The number of rotatable bonds is 5. The first-order valence-corrected chi connectivity index (χ1v) is 19.9. The summed E-state index contributed by atoms with van der Waals surface area (Å²) in [7, 11) is 0. The van der Waals surface area contributed by atoms with E-state index in [9.17, 15) is 0 Å². The molecular formula is C52H30F3N5O. The van der Waals surface area contributed by atoms with Crippen molar-refractivity contribution in [3.05, 3.63) is 188 Å². The number of aromatic nitrogens is 5. The van der Waals surface area contributed by atoms with Crippen molar-refractivity contribution in [3.63, 3.8) is 0 Å². The van der Waals surface area contributed by atoms with E-state index < -0.39 is 11.7 Å². The van der Waals surface area contributed by atoms with Crippen LogP contribution in [0.4, 0.5) is 13.2 Å². The molecule has 0 N–H and O–H groups in total. The maximum atomic E-state index is 16.2. The SMILES string of the molecule is FC(F)(F)c1cc(-c2nc(-c3ccccc3)nc(-c3ccccc3)n2)c2c(oc3ccccc32)c1-n1c2ccccc2c2c1ccc1c3ccccc3n(-c3ccccc3)c12. The van der Waals surface area contributed by atoms with Crippen LogP contribution in [0.1, 0.15) is 5.56 Å². The summed E-state index contributed by atoms with van der Waals surface area (Å²) in [5, 5.41) is 4.77. The highest BCUT2D eigenvalue weighted by Gasteiger charge is 2.39. The third-order valence-electron chi connectivity index (χ3n) is 11.6. The van der Waals surface area contributed by atoms with Crippen molar-refractivity contribution >= 4 is 65.6 Å². The number of hydrogen-bond donors (Lipinski definition) is 0. The van der Waals surface area contributed by atoms with Gasteiger partial charge < -0.3 is 13.6 Å². The highest BCUT2D eigenvalue weighted by molar-refractivity contribution is 6.27. The Kier molecular flexibility index (Phi) is 7.59. The molecule has 4 heterocycles. The van der Waals surface area contributed by atoms with Crippen LogP contribution in [0.2, 0.25) is 0 Å². The second kappa shape index (κ2) is 13.2. The minimum absolute atomic E-state index is 0.0697. The molecule has 0 amide bonds. The molecule has 61 heavy (non-hydrogen) atoms. The van der Waals surface area contributed by atoms with Gasteiger partial charge in [0.25, 0.3) is 0 Å². The van der Waals surface area contributed by atoms with E-state index in [0.29, 0.717) is 50.2 Å². The molecule has 0 unspecified atom stereocenters. The number of furan rings is 1. The van der Waals surface area contributed by atoms with Crippen LogP contribution in [0.15, 0.2) is 186 Å². The summed E-state index contributed by atoms with van der Waals surface area (Å²) < 4.78 is 59.1. The van der Waals surface area contributed by atoms with Crippen molar-refractivity contribution in [2.45, 2.75) is 6.18 Å². The van der Waals surface area contributed by atoms with Crippen LogP contribution in [0.25, 0.3) is 111 Å². The van der Waals surface area contributed by atoms with Crippen LogP contribution in [-0.2, 0) is 6.18 Å². The molecule has 6 nitrogen and oxygen atoms in total. The van der Waals surface area contributed by atoms with Gasteiger partial charge in [-0.3, -0.25) is 0 Å². The van der Waals surface area contributed by atoms with E-state index in [1.54, 1.807) is 10.6 Å². The van der Waals surface area contributed by atoms with E-state index >= 15 is 13.2 Å². The number of fused-ring (bicyclic) bond motifs is 10. The van der Waals surface area contributed by atoms with Crippen molar-refractivity contribution in [2.75, 3.05) is 0 Å². The molecule has 0 aliphatic heterocycles. The second-order valence-corrected chi connectivity index (χ2v) is 15.1. The molecule has 0 spiro atoms. The van der Waals surface area contributed by atoms with E-state index in [4.69, 9.17) is 19.4 Å². The summed E-state index contributed by atoms with van der Waals surface area (Å²) in [4.78, 5) is 14.6. The average molecular weight is 798 g/mol. The quantitative estimate of drug-likeness (QED) is 0.174. The van der Waals surface area contributed by atoms with Crippen LogP contribution in [0.5, 0.6) is 0 Å². The molecule has 4 aromatic heterocycles. The predicted octanol–water partition coefficient (Wildman–Crippen LogP) is 14.0. The average Bonchev–Trinajstić information content (AvgIpc) is 3.97. The highest BCUT2D eigenvalue weighted by atomic mass is 19.4. The Bertz CT molecular complexity index is 3630. The molecule has 0 saturated carbocycles. The maximum Gasteiger partial charge on any atom is 0.418 e. The topological polar surface area (TPSA) is 61.7 Å². The lowest BCUT2D eigenvalue weighted by molar-refractivity contribution is -0.137. The highest BCUT2D eigenvalue weighted by Crippen LogP contribution is 2.49. The summed E-state index contributed by atoms with van der Waals surface area (Å²) in [5.41, 5.74) is 5.14. The van der Waals surface area contributed by atoms with Crippen molar-refractivity contribution in [2.24, 2.45) is 0 Å². The molecule has 0 saturated heterocycles. The van der Waals surface area contributed by atoms with Gasteiger partial charge in [-0.25, -0.2) is 15.0 Å². The fourth-order valence-electron chi connectivity index (χ4n) is 9.03. The first-order chi connectivity index (χ1) is 29.9. The second-order valence-electron chi connectivity index (χ2n) is 15.1. The van der Waals surface area contributed by atoms with Gasteiger partial charge in [-0.15, -0.1) is 0 Å². The fraction of sp³-hybridized carbons (Fsp3) is 0.0192. The van der Waals surface area contributed by atoms with E-state index in [1.807, 2.05) is 146 Å². The Balaban J connectivity index is 1.24. The minimum atomic E-state index is -4.84. The Hall–Kier alpha value is -8.04. The first-order valence-electron chi connectivity index (χ1n) is 19.9. The van der Waals surface area contributed by atoms with Crippen LogP contribution in [0, 0.1) is 0 Å². The number of hydrogen-bond acceptors (Lipinski definition) is 4. The Morgan fingerprint density at radius 2 is 0.984 bits per heavy atom. The zero-order chi connectivity index (χ0) is 40.8. The van der Waals surface area contributed by atoms with Gasteiger partial charge in [-0.2, -0.15) is 13.2 Å². The number of para-hydroxylation sites is 4. The predicted molar refractivity (Wildman–Crippen MR) is 237 cm³/mol. The van der Waals surface area contributed by atoms with Crippen molar-refractivity contribution in [1.82, 2.24) is 24.1 Å². The number of halogens is 3. The van der Waals surface area contributed by atoms with E-state index in [0.717, 1.165) is 38.3 Å². The smallest absolute Gasteiger partial charge is 0.418 e. The summed E-state index contributed by atoms with van der Waals surface area (Å²) in [5.74, 6) is 0.768. The molecule has 8 aromatic carbocycles. The standard InChI is InChI=1S/C52H30F3N5O/c53-52(54,55)39-30-38(51-57-49(31-16-4-1-5-17-31)56-50(58-51)32-18-6-2-7-19-32)44-37-24-12-15-27-43(37)61-48(44)47(39)60-41-26-14-11-23-36(41)45-42(60)29-28-35-34-22-10-13-25-40(34)59(46(35)45)33-20-8-3-9-21-33/h1-30H. The van der Waals surface area contributed by atoms with Crippen LogP contribution in [-0.4, -0.2) is 24.1 Å². The molecule has 0 aliphatic rings.